The third-order valence-corrected chi connectivity index (χ3v) is 2.55. The Bertz CT molecular complexity index is 461. The summed E-state index contributed by atoms with van der Waals surface area (Å²) in [5.74, 6) is 0.325. The fourth-order valence-corrected chi connectivity index (χ4v) is 1.68. The molecule has 0 amide bonds. The first-order chi connectivity index (χ1) is 7.58. The summed E-state index contributed by atoms with van der Waals surface area (Å²) in [5, 5.41) is 10.3. The fraction of sp³-hybridized carbons (Fsp3) is 0.231. The molecule has 0 bridgehead atoms. The van der Waals surface area contributed by atoms with Crippen LogP contribution >= 0.6 is 0 Å². The fourth-order valence-electron chi connectivity index (χ4n) is 1.68. The van der Waals surface area contributed by atoms with Gasteiger partial charge < -0.3 is 9.52 Å². The van der Waals surface area contributed by atoms with Crippen LogP contribution in [0.1, 0.15) is 18.2 Å². The molecule has 0 aliphatic heterocycles. The van der Waals surface area contributed by atoms with E-state index in [0.29, 0.717) is 17.7 Å². The minimum Gasteiger partial charge on any atom is -0.469 e. The van der Waals surface area contributed by atoms with Crippen LogP contribution < -0.4 is 0 Å². The molecule has 1 aromatic carbocycles. The van der Waals surface area contributed by atoms with Gasteiger partial charge in [0.25, 0.3) is 0 Å². The van der Waals surface area contributed by atoms with Crippen LogP contribution in [0.4, 0.5) is 4.39 Å². The Labute approximate surface area is 93.3 Å². The van der Waals surface area contributed by atoms with Crippen molar-refractivity contribution in [3.05, 3.63) is 59.8 Å². The van der Waals surface area contributed by atoms with E-state index in [9.17, 15) is 9.50 Å². The van der Waals surface area contributed by atoms with Gasteiger partial charge in [-0.3, -0.25) is 0 Å². The van der Waals surface area contributed by atoms with Gasteiger partial charge in [-0.1, -0.05) is 12.1 Å². The zero-order chi connectivity index (χ0) is 11.6. The van der Waals surface area contributed by atoms with Crippen LogP contribution in [0.25, 0.3) is 0 Å². The Morgan fingerprint density at radius 3 is 2.75 bits per heavy atom. The monoisotopic (exact) mass is 220 g/mol. The van der Waals surface area contributed by atoms with Gasteiger partial charge in [0.1, 0.15) is 11.6 Å². The van der Waals surface area contributed by atoms with Crippen molar-refractivity contribution in [3.63, 3.8) is 0 Å². The molecule has 2 nitrogen and oxygen atoms in total. The van der Waals surface area contributed by atoms with Crippen molar-refractivity contribution in [1.82, 2.24) is 0 Å². The highest BCUT2D eigenvalue weighted by molar-refractivity contribution is 5.24. The molecule has 1 atom stereocenters. The van der Waals surface area contributed by atoms with Gasteiger partial charge in [0.2, 0.25) is 0 Å². The second-order valence-electron chi connectivity index (χ2n) is 4.04. The first-order valence-corrected chi connectivity index (χ1v) is 5.09. The van der Waals surface area contributed by atoms with Gasteiger partial charge in [0.05, 0.1) is 11.9 Å². The van der Waals surface area contributed by atoms with E-state index in [1.807, 2.05) is 0 Å². The average molecular weight is 220 g/mol. The molecule has 1 aromatic heterocycles. The highest BCUT2D eigenvalue weighted by Gasteiger charge is 2.25. The van der Waals surface area contributed by atoms with E-state index in [0.717, 1.165) is 0 Å². The van der Waals surface area contributed by atoms with E-state index in [1.54, 1.807) is 37.5 Å². The van der Waals surface area contributed by atoms with Gasteiger partial charge in [-0.15, -0.1) is 0 Å². The summed E-state index contributed by atoms with van der Waals surface area (Å²) >= 11 is 0. The summed E-state index contributed by atoms with van der Waals surface area (Å²) in [6, 6.07) is 9.52. The molecule has 1 N–H and O–H groups in total. The summed E-state index contributed by atoms with van der Waals surface area (Å²) in [4.78, 5) is 0. The summed E-state index contributed by atoms with van der Waals surface area (Å²) < 4.78 is 18.2. The first-order valence-electron chi connectivity index (χ1n) is 5.09. The van der Waals surface area contributed by atoms with Crippen molar-refractivity contribution < 1.29 is 13.9 Å². The number of aliphatic hydroxyl groups is 1. The van der Waals surface area contributed by atoms with Crippen LogP contribution in [0, 0.1) is 5.82 Å². The number of benzene rings is 1. The molecule has 0 saturated heterocycles. The van der Waals surface area contributed by atoms with Crippen molar-refractivity contribution >= 4 is 0 Å². The van der Waals surface area contributed by atoms with Gasteiger partial charge in [0.15, 0.2) is 0 Å². The topological polar surface area (TPSA) is 33.4 Å². The molecule has 0 saturated carbocycles. The Balaban J connectivity index is 2.24. The van der Waals surface area contributed by atoms with Crippen molar-refractivity contribution in [2.45, 2.75) is 18.9 Å². The van der Waals surface area contributed by atoms with E-state index in [1.165, 1.54) is 12.1 Å². The van der Waals surface area contributed by atoms with Crippen LogP contribution in [0.3, 0.4) is 0 Å². The van der Waals surface area contributed by atoms with Gasteiger partial charge in [-0.2, -0.15) is 0 Å². The lowest BCUT2D eigenvalue weighted by atomic mass is 9.91. The highest BCUT2D eigenvalue weighted by Crippen LogP contribution is 2.25. The van der Waals surface area contributed by atoms with Gasteiger partial charge >= 0.3 is 0 Å². The van der Waals surface area contributed by atoms with Crippen molar-refractivity contribution in [1.29, 1.82) is 0 Å². The lowest BCUT2D eigenvalue weighted by Crippen LogP contribution is -2.24. The van der Waals surface area contributed by atoms with Crippen molar-refractivity contribution in [3.8, 4) is 0 Å². The third kappa shape index (κ3) is 2.31. The molecule has 0 radical (unpaired) electrons. The summed E-state index contributed by atoms with van der Waals surface area (Å²) in [5.41, 5.74) is -0.580. The van der Waals surface area contributed by atoms with Crippen LogP contribution in [0.2, 0.25) is 0 Å². The Morgan fingerprint density at radius 1 is 1.31 bits per heavy atom. The molecule has 16 heavy (non-hydrogen) atoms. The van der Waals surface area contributed by atoms with Crippen LogP contribution in [0.15, 0.2) is 47.1 Å². The molecule has 0 spiro atoms. The number of hydrogen-bond donors (Lipinski definition) is 1. The smallest absolute Gasteiger partial charge is 0.123 e. The second-order valence-corrected chi connectivity index (χ2v) is 4.04. The van der Waals surface area contributed by atoms with Gasteiger partial charge in [-0.05, 0) is 36.8 Å². The minimum absolute atomic E-state index is 0.323. The minimum atomic E-state index is -1.13. The highest BCUT2D eigenvalue weighted by atomic mass is 19.1. The van der Waals surface area contributed by atoms with E-state index in [-0.39, 0.29) is 5.82 Å². The standard InChI is InChI=1S/C13H13FO2/c1-13(15,9-12-6-3-7-16-12)10-4-2-5-11(14)8-10/h2-8,15H,9H2,1H3. The molecule has 1 unspecified atom stereocenters. The lowest BCUT2D eigenvalue weighted by Gasteiger charge is -2.22. The normalized spacial score (nSPS) is 14.7. The number of hydrogen-bond acceptors (Lipinski definition) is 2. The quantitative estimate of drug-likeness (QED) is 0.862. The largest absolute Gasteiger partial charge is 0.469 e. The first kappa shape index (κ1) is 10.9. The van der Waals surface area contributed by atoms with E-state index in [4.69, 9.17) is 4.42 Å². The zero-order valence-electron chi connectivity index (χ0n) is 8.98. The van der Waals surface area contributed by atoms with E-state index >= 15 is 0 Å². The molecule has 1 heterocycles. The predicted molar refractivity (Wildman–Crippen MR) is 58.4 cm³/mol. The van der Waals surface area contributed by atoms with E-state index < -0.39 is 5.60 Å². The van der Waals surface area contributed by atoms with Crippen LogP contribution in [-0.2, 0) is 12.0 Å². The van der Waals surface area contributed by atoms with Gasteiger partial charge in [-0.25, -0.2) is 4.39 Å². The van der Waals surface area contributed by atoms with Crippen molar-refractivity contribution in [2.75, 3.05) is 0 Å². The predicted octanol–water partition coefficient (Wildman–Crippen LogP) is 2.87. The molecular formula is C13H13FO2. The maximum absolute atomic E-state index is 13.0. The second kappa shape index (κ2) is 4.10. The number of rotatable bonds is 3. The summed E-state index contributed by atoms with van der Waals surface area (Å²) in [6.07, 6.45) is 1.88. The lowest BCUT2D eigenvalue weighted by molar-refractivity contribution is 0.0518. The maximum atomic E-state index is 13.0. The summed E-state index contributed by atoms with van der Waals surface area (Å²) in [6.45, 7) is 1.64. The molecule has 2 rings (SSSR count). The molecule has 2 aromatic rings. The van der Waals surface area contributed by atoms with Crippen LogP contribution in [-0.4, -0.2) is 5.11 Å². The number of halogens is 1. The molecule has 3 heteroatoms. The molecule has 0 fully saturated rings. The molecule has 0 aliphatic rings. The van der Waals surface area contributed by atoms with Gasteiger partial charge in [0, 0.05) is 6.42 Å². The van der Waals surface area contributed by atoms with Crippen molar-refractivity contribution in [2.24, 2.45) is 0 Å². The Hall–Kier alpha value is -1.61. The molecule has 0 aliphatic carbocycles. The number of furan rings is 1. The molecule has 84 valence electrons. The Kier molecular flexibility index (Phi) is 2.79. The maximum Gasteiger partial charge on any atom is 0.123 e. The SMILES string of the molecule is CC(O)(Cc1ccco1)c1cccc(F)c1. The average Bonchev–Trinajstić information content (AvgIpc) is 2.70. The zero-order valence-corrected chi connectivity index (χ0v) is 8.98. The Morgan fingerprint density at radius 2 is 2.12 bits per heavy atom. The molecular weight excluding hydrogens is 207 g/mol. The van der Waals surface area contributed by atoms with E-state index in [2.05, 4.69) is 0 Å². The third-order valence-electron chi connectivity index (χ3n) is 2.55. The van der Waals surface area contributed by atoms with Crippen LogP contribution in [0.5, 0.6) is 0 Å². The summed E-state index contributed by atoms with van der Waals surface area (Å²) in [7, 11) is 0.